The number of benzene rings is 1. The minimum atomic E-state index is -2.98. The van der Waals surface area contributed by atoms with Crippen molar-refractivity contribution in [2.45, 2.75) is 26.4 Å². The SMILES string of the molecule is CCCCOc1cc(OC(F)F)ccc1C(=O)Nc1c(Cl)cncc1Cl. The van der Waals surface area contributed by atoms with Gasteiger partial charge in [-0.2, -0.15) is 8.78 Å². The number of carbonyl (C=O) groups is 1. The molecule has 1 aromatic carbocycles. The molecule has 0 saturated carbocycles. The lowest BCUT2D eigenvalue weighted by molar-refractivity contribution is -0.0499. The first kappa shape index (κ1) is 20.2. The Morgan fingerprint density at radius 2 is 1.96 bits per heavy atom. The second-order valence-corrected chi connectivity index (χ2v) is 5.99. The third-order valence-corrected chi connectivity index (χ3v) is 3.84. The van der Waals surface area contributed by atoms with Crippen molar-refractivity contribution < 1.29 is 23.0 Å². The van der Waals surface area contributed by atoms with Crippen LogP contribution in [0.1, 0.15) is 30.1 Å². The van der Waals surface area contributed by atoms with Crippen LogP contribution >= 0.6 is 23.2 Å². The molecular weight excluding hydrogens is 389 g/mol. The summed E-state index contributed by atoms with van der Waals surface area (Å²) >= 11 is 12.0. The third-order valence-electron chi connectivity index (χ3n) is 3.27. The molecule has 0 bridgehead atoms. The average Bonchev–Trinajstić information content (AvgIpc) is 2.58. The molecule has 1 N–H and O–H groups in total. The van der Waals surface area contributed by atoms with E-state index in [0.29, 0.717) is 6.61 Å². The molecular formula is C17H16Cl2F2N2O3. The first-order valence-corrected chi connectivity index (χ1v) is 8.50. The highest BCUT2D eigenvalue weighted by molar-refractivity contribution is 6.39. The maximum Gasteiger partial charge on any atom is 0.387 e. The summed E-state index contributed by atoms with van der Waals surface area (Å²) in [5.74, 6) is -0.548. The molecule has 0 radical (unpaired) electrons. The van der Waals surface area contributed by atoms with Gasteiger partial charge in [-0.3, -0.25) is 9.78 Å². The molecule has 2 aromatic rings. The van der Waals surface area contributed by atoms with Gasteiger partial charge in [0.1, 0.15) is 11.5 Å². The summed E-state index contributed by atoms with van der Waals surface area (Å²) in [7, 11) is 0. The van der Waals surface area contributed by atoms with Crippen LogP contribution in [0.3, 0.4) is 0 Å². The van der Waals surface area contributed by atoms with Crippen LogP contribution in [0.4, 0.5) is 14.5 Å². The number of alkyl halides is 2. The Hall–Kier alpha value is -2.12. The van der Waals surface area contributed by atoms with Crippen LogP contribution in [-0.4, -0.2) is 24.1 Å². The number of nitrogens with zero attached hydrogens (tertiary/aromatic N) is 1. The molecule has 0 atom stereocenters. The minimum Gasteiger partial charge on any atom is -0.493 e. The number of amides is 1. The Kier molecular flexibility index (Phi) is 7.41. The quantitative estimate of drug-likeness (QED) is 0.596. The lowest BCUT2D eigenvalue weighted by Gasteiger charge is -2.14. The fraction of sp³-hybridized carbons (Fsp3) is 0.294. The van der Waals surface area contributed by atoms with Crippen LogP contribution in [0.5, 0.6) is 11.5 Å². The minimum absolute atomic E-state index is 0.108. The van der Waals surface area contributed by atoms with E-state index in [2.05, 4.69) is 15.0 Å². The highest BCUT2D eigenvalue weighted by atomic mass is 35.5. The van der Waals surface area contributed by atoms with Gasteiger partial charge in [0.05, 0.1) is 27.9 Å². The van der Waals surface area contributed by atoms with E-state index in [-0.39, 0.29) is 32.8 Å². The predicted octanol–water partition coefficient (Wildman–Crippen LogP) is 5.42. The zero-order chi connectivity index (χ0) is 19.1. The largest absolute Gasteiger partial charge is 0.493 e. The monoisotopic (exact) mass is 404 g/mol. The molecule has 1 heterocycles. The molecule has 0 saturated heterocycles. The number of halogens is 4. The number of pyridine rings is 1. The number of carbonyl (C=O) groups excluding carboxylic acids is 1. The average molecular weight is 405 g/mol. The molecule has 0 spiro atoms. The van der Waals surface area contributed by atoms with E-state index in [0.717, 1.165) is 12.8 Å². The van der Waals surface area contributed by atoms with Gasteiger partial charge in [0.2, 0.25) is 0 Å². The zero-order valence-electron chi connectivity index (χ0n) is 13.8. The van der Waals surface area contributed by atoms with Gasteiger partial charge in [-0.05, 0) is 18.6 Å². The fourth-order valence-electron chi connectivity index (χ4n) is 2.02. The van der Waals surface area contributed by atoms with Crippen molar-refractivity contribution in [1.82, 2.24) is 4.98 Å². The molecule has 0 aliphatic rings. The smallest absolute Gasteiger partial charge is 0.387 e. The van der Waals surface area contributed by atoms with Crippen molar-refractivity contribution in [3.8, 4) is 11.5 Å². The normalized spacial score (nSPS) is 10.7. The van der Waals surface area contributed by atoms with Gasteiger partial charge in [0.15, 0.2) is 0 Å². The third kappa shape index (κ3) is 5.44. The van der Waals surface area contributed by atoms with Gasteiger partial charge in [-0.25, -0.2) is 0 Å². The summed E-state index contributed by atoms with van der Waals surface area (Å²) in [4.78, 5) is 16.4. The summed E-state index contributed by atoms with van der Waals surface area (Å²) in [6.07, 6.45) is 4.28. The van der Waals surface area contributed by atoms with Gasteiger partial charge in [-0.1, -0.05) is 36.5 Å². The molecule has 5 nitrogen and oxygen atoms in total. The summed E-state index contributed by atoms with van der Waals surface area (Å²) in [6.45, 7) is -0.681. The van der Waals surface area contributed by atoms with Crippen molar-refractivity contribution in [3.63, 3.8) is 0 Å². The van der Waals surface area contributed by atoms with Gasteiger partial charge >= 0.3 is 6.61 Å². The first-order valence-electron chi connectivity index (χ1n) is 7.74. The van der Waals surface area contributed by atoms with Gasteiger partial charge in [0, 0.05) is 18.5 Å². The summed E-state index contributed by atoms with van der Waals surface area (Å²) in [6, 6.07) is 3.83. The Morgan fingerprint density at radius 3 is 2.58 bits per heavy atom. The Bertz CT molecular complexity index is 755. The van der Waals surface area contributed by atoms with E-state index in [1.807, 2.05) is 6.92 Å². The Labute approximate surface area is 159 Å². The predicted molar refractivity (Wildman–Crippen MR) is 95.7 cm³/mol. The Balaban J connectivity index is 2.28. The number of aromatic nitrogens is 1. The van der Waals surface area contributed by atoms with E-state index >= 15 is 0 Å². The second kappa shape index (κ2) is 9.54. The van der Waals surface area contributed by atoms with Crippen LogP contribution in [0, 0.1) is 0 Å². The molecule has 0 unspecified atom stereocenters. The maximum atomic E-state index is 12.6. The standard InChI is InChI=1S/C17H16Cl2F2N2O3/c1-2-3-6-25-14-7-10(26-17(20)21)4-5-11(14)16(24)23-15-12(18)8-22-9-13(15)19/h4-5,7-9,17H,2-3,6H2,1H3,(H,22,23,24). The molecule has 26 heavy (non-hydrogen) atoms. The maximum absolute atomic E-state index is 12.6. The molecule has 0 fully saturated rings. The van der Waals surface area contributed by atoms with Crippen molar-refractivity contribution >= 4 is 34.8 Å². The van der Waals surface area contributed by atoms with Crippen LogP contribution in [0.15, 0.2) is 30.6 Å². The van der Waals surface area contributed by atoms with E-state index in [1.165, 1.54) is 30.6 Å². The van der Waals surface area contributed by atoms with Gasteiger partial charge in [-0.15, -0.1) is 0 Å². The number of nitrogens with one attached hydrogen (secondary N) is 1. The van der Waals surface area contributed by atoms with Crippen LogP contribution in [-0.2, 0) is 0 Å². The Morgan fingerprint density at radius 1 is 1.27 bits per heavy atom. The molecule has 0 aliphatic carbocycles. The van der Waals surface area contributed by atoms with Gasteiger partial charge in [0.25, 0.3) is 5.91 Å². The molecule has 9 heteroatoms. The highest BCUT2D eigenvalue weighted by Crippen LogP contribution is 2.31. The van der Waals surface area contributed by atoms with Crippen molar-refractivity contribution in [2.75, 3.05) is 11.9 Å². The zero-order valence-corrected chi connectivity index (χ0v) is 15.3. The second-order valence-electron chi connectivity index (χ2n) is 5.17. The highest BCUT2D eigenvalue weighted by Gasteiger charge is 2.18. The molecule has 0 aliphatic heterocycles. The fourth-order valence-corrected chi connectivity index (χ4v) is 2.48. The number of ether oxygens (including phenoxy) is 2. The van der Waals surface area contributed by atoms with Crippen molar-refractivity contribution in [1.29, 1.82) is 0 Å². The number of hydrogen-bond acceptors (Lipinski definition) is 4. The van der Waals surface area contributed by atoms with Crippen LogP contribution in [0.2, 0.25) is 10.0 Å². The molecule has 2 rings (SSSR count). The van der Waals surface area contributed by atoms with E-state index in [4.69, 9.17) is 27.9 Å². The topological polar surface area (TPSA) is 60.5 Å². The molecule has 140 valence electrons. The van der Waals surface area contributed by atoms with Crippen LogP contribution in [0.25, 0.3) is 0 Å². The number of anilines is 1. The number of rotatable bonds is 8. The lowest BCUT2D eigenvalue weighted by atomic mass is 10.1. The number of unbranched alkanes of at least 4 members (excludes halogenated alkanes) is 1. The van der Waals surface area contributed by atoms with E-state index in [9.17, 15) is 13.6 Å². The summed E-state index contributed by atoms with van der Waals surface area (Å²) < 4.78 is 34.7. The van der Waals surface area contributed by atoms with E-state index < -0.39 is 12.5 Å². The first-order chi connectivity index (χ1) is 12.4. The van der Waals surface area contributed by atoms with Crippen molar-refractivity contribution in [3.05, 3.63) is 46.2 Å². The summed E-state index contributed by atoms with van der Waals surface area (Å²) in [5.41, 5.74) is 0.326. The van der Waals surface area contributed by atoms with Gasteiger partial charge < -0.3 is 14.8 Å². The number of hydrogen-bond donors (Lipinski definition) is 1. The van der Waals surface area contributed by atoms with Crippen LogP contribution < -0.4 is 14.8 Å². The molecule has 1 amide bonds. The lowest BCUT2D eigenvalue weighted by Crippen LogP contribution is -2.15. The molecule has 1 aromatic heterocycles. The summed E-state index contributed by atoms with van der Waals surface area (Å²) in [5, 5.41) is 2.90. The van der Waals surface area contributed by atoms with Crippen molar-refractivity contribution in [2.24, 2.45) is 0 Å². The van der Waals surface area contributed by atoms with E-state index in [1.54, 1.807) is 0 Å².